The Kier molecular flexibility index (Phi) is 3.80. The van der Waals surface area contributed by atoms with E-state index in [1.807, 2.05) is 41.3 Å². The van der Waals surface area contributed by atoms with Crippen molar-refractivity contribution in [3.63, 3.8) is 0 Å². The number of nitrogens with zero attached hydrogens (tertiary/aromatic N) is 1. The normalized spacial score (nSPS) is 16.2. The van der Waals surface area contributed by atoms with Gasteiger partial charge < -0.3 is 15.4 Å². The molecule has 1 aliphatic rings. The minimum atomic E-state index is 0.0375. The first-order chi connectivity index (χ1) is 10.2. The molecule has 0 unspecified atom stereocenters. The minimum Gasteiger partial charge on any atom is -0.496 e. The van der Waals surface area contributed by atoms with Crippen LogP contribution in [0.2, 0.25) is 0 Å². The third-order valence-electron chi connectivity index (χ3n) is 4.15. The molecule has 1 saturated heterocycles. The summed E-state index contributed by atoms with van der Waals surface area (Å²) in [5, 5.41) is 1.99. The Morgan fingerprint density at radius 2 is 1.90 bits per heavy atom. The molecule has 0 bridgehead atoms. The number of nitrogens with two attached hydrogens (primary N) is 1. The number of fused-ring (bicyclic) bond motifs is 1. The van der Waals surface area contributed by atoms with E-state index in [-0.39, 0.29) is 11.9 Å². The Balaban J connectivity index is 2.03. The Hall–Kier alpha value is -2.07. The highest BCUT2D eigenvalue weighted by Crippen LogP contribution is 2.29. The van der Waals surface area contributed by atoms with E-state index in [0.29, 0.717) is 24.4 Å². The van der Waals surface area contributed by atoms with Crippen LogP contribution < -0.4 is 10.5 Å². The van der Waals surface area contributed by atoms with Gasteiger partial charge in [-0.3, -0.25) is 4.79 Å². The summed E-state index contributed by atoms with van der Waals surface area (Å²) in [5.74, 6) is 0.670. The molecule has 0 saturated carbocycles. The van der Waals surface area contributed by atoms with Gasteiger partial charge in [-0.05, 0) is 29.7 Å². The number of methoxy groups -OCH3 is 1. The van der Waals surface area contributed by atoms with Crippen LogP contribution in [0.1, 0.15) is 23.2 Å². The molecule has 21 heavy (non-hydrogen) atoms. The quantitative estimate of drug-likeness (QED) is 0.921. The average molecular weight is 284 g/mol. The third kappa shape index (κ3) is 2.59. The number of ether oxygens (including phenoxy) is 1. The summed E-state index contributed by atoms with van der Waals surface area (Å²) in [6, 6.07) is 12.0. The molecule has 1 amide bonds. The fourth-order valence-corrected chi connectivity index (χ4v) is 2.90. The number of amides is 1. The SMILES string of the molecule is COc1ccc2ccccc2c1C(=O)N1CCC(N)CC1. The second-order valence-electron chi connectivity index (χ2n) is 5.49. The lowest BCUT2D eigenvalue weighted by Crippen LogP contribution is -2.43. The van der Waals surface area contributed by atoms with Crippen LogP contribution in [-0.4, -0.2) is 37.0 Å². The smallest absolute Gasteiger partial charge is 0.258 e. The van der Waals surface area contributed by atoms with Gasteiger partial charge in [-0.15, -0.1) is 0 Å². The van der Waals surface area contributed by atoms with Crippen molar-refractivity contribution in [2.75, 3.05) is 20.2 Å². The van der Waals surface area contributed by atoms with Crippen LogP contribution in [0.15, 0.2) is 36.4 Å². The Morgan fingerprint density at radius 1 is 1.19 bits per heavy atom. The first kappa shape index (κ1) is 13.9. The van der Waals surface area contributed by atoms with Gasteiger partial charge in [-0.2, -0.15) is 0 Å². The van der Waals surface area contributed by atoms with Gasteiger partial charge in [0, 0.05) is 19.1 Å². The Bertz CT molecular complexity index is 661. The van der Waals surface area contributed by atoms with Gasteiger partial charge in [-0.25, -0.2) is 0 Å². The molecule has 2 N–H and O–H groups in total. The number of benzene rings is 2. The van der Waals surface area contributed by atoms with Gasteiger partial charge >= 0.3 is 0 Å². The van der Waals surface area contributed by atoms with E-state index in [4.69, 9.17) is 10.5 Å². The standard InChI is InChI=1S/C17H20N2O2/c1-21-15-7-6-12-4-2-3-5-14(12)16(15)17(20)19-10-8-13(18)9-11-19/h2-7,13H,8-11,18H2,1H3. The lowest BCUT2D eigenvalue weighted by molar-refractivity contribution is 0.0713. The number of carbonyl (C=O) groups excluding carboxylic acids is 1. The minimum absolute atomic E-state index is 0.0375. The largest absolute Gasteiger partial charge is 0.496 e. The molecule has 2 aromatic carbocycles. The summed E-state index contributed by atoms with van der Waals surface area (Å²) < 4.78 is 5.41. The maximum Gasteiger partial charge on any atom is 0.258 e. The van der Waals surface area contributed by atoms with Crippen LogP contribution in [0.5, 0.6) is 5.75 Å². The summed E-state index contributed by atoms with van der Waals surface area (Å²) in [5.41, 5.74) is 6.58. The molecule has 1 heterocycles. The summed E-state index contributed by atoms with van der Waals surface area (Å²) in [4.78, 5) is 14.8. The molecular formula is C17H20N2O2. The maximum absolute atomic E-state index is 12.9. The fraction of sp³-hybridized carbons (Fsp3) is 0.353. The highest BCUT2D eigenvalue weighted by molar-refractivity contribution is 6.09. The van der Waals surface area contributed by atoms with E-state index < -0.39 is 0 Å². The van der Waals surface area contributed by atoms with Crippen molar-refractivity contribution in [3.05, 3.63) is 42.0 Å². The van der Waals surface area contributed by atoms with Gasteiger partial charge in [0.2, 0.25) is 0 Å². The summed E-state index contributed by atoms with van der Waals surface area (Å²) in [6.45, 7) is 1.43. The topological polar surface area (TPSA) is 55.6 Å². The first-order valence-electron chi connectivity index (χ1n) is 7.31. The van der Waals surface area contributed by atoms with E-state index in [2.05, 4.69) is 0 Å². The molecule has 4 heteroatoms. The number of likely N-dealkylation sites (tertiary alicyclic amines) is 1. The number of hydrogen-bond acceptors (Lipinski definition) is 3. The number of carbonyl (C=O) groups is 1. The van der Waals surface area contributed by atoms with E-state index >= 15 is 0 Å². The molecule has 2 aromatic rings. The van der Waals surface area contributed by atoms with Crippen LogP contribution in [0.4, 0.5) is 0 Å². The zero-order chi connectivity index (χ0) is 14.8. The highest BCUT2D eigenvalue weighted by atomic mass is 16.5. The summed E-state index contributed by atoms with van der Waals surface area (Å²) in [6.07, 6.45) is 1.72. The van der Waals surface area contributed by atoms with Crippen molar-refractivity contribution < 1.29 is 9.53 Å². The van der Waals surface area contributed by atoms with Gasteiger partial charge in [0.15, 0.2) is 0 Å². The van der Waals surface area contributed by atoms with Crippen molar-refractivity contribution in [1.29, 1.82) is 0 Å². The van der Waals surface area contributed by atoms with Crippen molar-refractivity contribution in [2.45, 2.75) is 18.9 Å². The molecular weight excluding hydrogens is 264 g/mol. The molecule has 1 aliphatic heterocycles. The monoisotopic (exact) mass is 284 g/mol. The van der Waals surface area contributed by atoms with Crippen LogP contribution in [0.25, 0.3) is 10.8 Å². The molecule has 0 atom stereocenters. The van der Waals surface area contributed by atoms with Gasteiger partial charge in [0.25, 0.3) is 5.91 Å². The predicted molar refractivity (Wildman–Crippen MR) is 83.6 cm³/mol. The van der Waals surface area contributed by atoms with E-state index in [9.17, 15) is 4.79 Å². The molecule has 0 radical (unpaired) electrons. The average Bonchev–Trinajstić information content (AvgIpc) is 2.53. The van der Waals surface area contributed by atoms with E-state index in [1.165, 1.54) is 0 Å². The van der Waals surface area contributed by atoms with Crippen LogP contribution >= 0.6 is 0 Å². The number of rotatable bonds is 2. The van der Waals surface area contributed by atoms with Gasteiger partial charge in [-0.1, -0.05) is 30.3 Å². The molecule has 3 rings (SSSR count). The lowest BCUT2D eigenvalue weighted by atomic mass is 10.00. The van der Waals surface area contributed by atoms with Crippen LogP contribution in [-0.2, 0) is 0 Å². The zero-order valence-electron chi connectivity index (χ0n) is 12.2. The Morgan fingerprint density at radius 3 is 2.62 bits per heavy atom. The molecule has 0 spiro atoms. The number of hydrogen-bond donors (Lipinski definition) is 1. The van der Waals surface area contributed by atoms with Crippen LogP contribution in [0, 0.1) is 0 Å². The van der Waals surface area contributed by atoms with E-state index in [0.717, 1.165) is 23.6 Å². The highest BCUT2D eigenvalue weighted by Gasteiger charge is 2.25. The van der Waals surface area contributed by atoms with Crippen molar-refractivity contribution in [2.24, 2.45) is 5.73 Å². The van der Waals surface area contributed by atoms with Crippen molar-refractivity contribution >= 4 is 16.7 Å². The zero-order valence-corrected chi connectivity index (χ0v) is 12.2. The van der Waals surface area contributed by atoms with Crippen LogP contribution in [0.3, 0.4) is 0 Å². The summed E-state index contributed by atoms with van der Waals surface area (Å²) in [7, 11) is 1.60. The summed E-state index contributed by atoms with van der Waals surface area (Å²) >= 11 is 0. The molecule has 0 aromatic heterocycles. The van der Waals surface area contributed by atoms with Gasteiger partial charge in [0.05, 0.1) is 12.7 Å². The van der Waals surface area contributed by atoms with Crippen molar-refractivity contribution in [1.82, 2.24) is 4.90 Å². The first-order valence-corrected chi connectivity index (χ1v) is 7.31. The lowest BCUT2D eigenvalue weighted by Gasteiger charge is -2.31. The molecule has 1 fully saturated rings. The molecule has 110 valence electrons. The van der Waals surface area contributed by atoms with Crippen molar-refractivity contribution in [3.8, 4) is 5.75 Å². The second-order valence-corrected chi connectivity index (χ2v) is 5.49. The third-order valence-corrected chi connectivity index (χ3v) is 4.15. The van der Waals surface area contributed by atoms with Gasteiger partial charge in [0.1, 0.15) is 5.75 Å². The fourth-order valence-electron chi connectivity index (χ4n) is 2.90. The molecule has 0 aliphatic carbocycles. The predicted octanol–water partition coefficient (Wildman–Crippen LogP) is 2.41. The molecule has 4 nitrogen and oxygen atoms in total. The Labute approximate surface area is 124 Å². The maximum atomic E-state index is 12.9. The number of piperidine rings is 1. The van der Waals surface area contributed by atoms with E-state index in [1.54, 1.807) is 7.11 Å². The second kappa shape index (κ2) is 5.74.